The molecule has 0 bridgehead atoms. The lowest BCUT2D eigenvalue weighted by molar-refractivity contribution is -0.0660. The highest BCUT2D eigenvalue weighted by molar-refractivity contribution is 5.34. The smallest absolute Gasteiger partial charge is 0.0894 e. The molecule has 0 aromatic heterocycles. The van der Waals surface area contributed by atoms with Crippen molar-refractivity contribution in [2.45, 2.75) is 32.9 Å². The van der Waals surface area contributed by atoms with Gasteiger partial charge in [-0.15, -0.1) is 0 Å². The van der Waals surface area contributed by atoms with E-state index in [2.05, 4.69) is 43.9 Å². The van der Waals surface area contributed by atoms with Crippen LogP contribution < -0.4 is 5.73 Å². The molecule has 0 radical (unpaired) electrons. The summed E-state index contributed by atoms with van der Waals surface area (Å²) in [5, 5.41) is 0. The first-order valence-electron chi connectivity index (χ1n) is 6.80. The molecular formula is C15H24N2O. The van der Waals surface area contributed by atoms with E-state index in [1.165, 1.54) is 16.7 Å². The monoisotopic (exact) mass is 248 g/mol. The van der Waals surface area contributed by atoms with Crippen LogP contribution in [0.5, 0.6) is 0 Å². The van der Waals surface area contributed by atoms with E-state index < -0.39 is 0 Å². The van der Waals surface area contributed by atoms with Gasteiger partial charge in [-0.2, -0.15) is 0 Å². The van der Waals surface area contributed by atoms with E-state index in [0.717, 1.165) is 19.7 Å². The summed E-state index contributed by atoms with van der Waals surface area (Å²) in [6.45, 7) is 9.91. The third-order valence-electron chi connectivity index (χ3n) is 3.84. The predicted molar refractivity (Wildman–Crippen MR) is 74.7 cm³/mol. The zero-order chi connectivity index (χ0) is 13.1. The minimum Gasteiger partial charge on any atom is -0.374 e. The number of aryl methyl sites for hydroxylation is 2. The fraction of sp³-hybridized carbons (Fsp3) is 0.600. The van der Waals surface area contributed by atoms with Crippen LogP contribution in [0, 0.1) is 13.8 Å². The second-order valence-electron chi connectivity index (χ2n) is 5.08. The molecule has 1 aromatic rings. The molecule has 1 heterocycles. The maximum atomic E-state index is 5.88. The lowest BCUT2D eigenvalue weighted by atomic mass is 9.93. The van der Waals surface area contributed by atoms with Crippen LogP contribution in [-0.4, -0.2) is 37.2 Å². The number of hydrogen-bond donors (Lipinski definition) is 1. The predicted octanol–water partition coefficient (Wildman–Crippen LogP) is 2.02. The van der Waals surface area contributed by atoms with Crippen molar-refractivity contribution in [3.63, 3.8) is 0 Å². The van der Waals surface area contributed by atoms with Crippen LogP contribution in [0.15, 0.2) is 18.2 Å². The van der Waals surface area contributed by atoms with Crippen LogP contribution in [-0.2, 0) is 4.74 Å². The second kappa shape index (κ2) is 5.83. The molecule has 0 aliphatic carbocycles. The van der Waals surface area contributed by atoms with E-state index in [-0.39, 0.29) is 6.10 Å². The van der Waals surface area contributed by atoms with E-state index in [1.54, 1.807) is 0 Å². The maximum Gasteiger partial charge on any atom is 0.0894 e. The lowest BCUT2D eigenvalue weighted by Crippen LogP contribution is -2.48. The molecule has 1 fully saturated rings. The van der Waals surface area contributed by atoms with E-state index in [9.17, 15) is 0 Å². The van der Waals surface area contributed by atoms with Crippen molar-refractivity contribution in [3.05, 3.63) is 34.9 Å². The van der Waals surface area contributed by atoms with Crippen molar-refractivity contribution < 1.29 is 4.74 Å². The van der Waals surface area contributed by atoms with Crippen LogP contribution in [0.4, 0.5) is 0 Å². The van der Waals surface area contributed by atoms with Gasteiger partial charge in [-0.3, -0.25) is 4.90 Å². The summed E-state index contributed by atoms with van der Waals surface area (Å²) in [6, 6.07) is 6.95. The normalized spacial score (nSPS) is 25.3. The molecule has 0 spiro atoms. The minimum atomic E-state index is 0.111. The third-order valence-corrected chi connectivity index (χ3v) is 3.84. The summed E-state index contributed by atoms with van der Waals surface area (Å²) in [6.07, 6.45) is 0.111. The maximum absolute atomic E-state index is 5.88. The number of benzene rings is 1. The Balaban J connectivity index is 2.36. The number of nitrogens with two attached hydrogens (primary N) is 1. The van der Waals surface area contributed by atoms with Crippen molar-refractivity contribution >= 4 is 0 Å². The molecule has 2 unspecified atom stereocenters. The van der Waals surface area contributed by atoms with Gasteiger partial charge in [0, 0.05) is 13.1 Å². The highest BCUT2D eigenvalue weighted by atomic mass is 16.5. The Bertz CT molecular complexity index is 393. The van der Waals surface area contributed by atoms with Crippen LogP contribution in [0.2, 0.25) is 0 Å². The van der Waals surface area contributed by atoms with Crippen molar-refractivity contribution in [1.29, 1.82) is 0 Å². The molecule has 1 saturated heterocycles. The van der Waals surface area contributed by atoms with Gasteiger partial charge in [-0.05, 0) is 31.5 Å². The number of morpholine rings is 1. The van der Waals surface area contributed by atoms with Gasteiger partial charge in [0.1, 0.15) is 0 Å². The van der Waals surface area contributed by atoms with Gasteiger partial charge in [-0.1, -0.05) is 30.7 Å². The first-order chi connectivity index (χ1) is 8.67. The van der Waals surface area contributed by atoms with Crippen LogP contribution in [0.1, 0.15) is 29.7 Å². The molecule has 0 amide bonds. The van der Waals surface area contributed by atoms with Gasteiger partial charge in [0.25, 0.3) is 0 Å². The van der Waals surface area contributed by atoms with Crippen LogP contribution >= 0.6 is 0 Å². The average Bonchev–Trinajstić information content (AvgIpc) is 2.38. The quantitative estimate of drug-likeness (QED) is 0.889. The fourth-order valence-electron chi connectivity index (χ4n) is 2.89. The summed E-state index contributed by atoms with van der Waals surface area (Å²) in [4.78, 5) is 2.47. The summed E-state index contributed by atoms with van der Waals surface area (Å²) in [5.41, 5.74) is 9.88. The van der Waals surface area contributed by atoms with Crippen molar-refractivity contribution in [2.75, 3.05) is 26.2 Å². The first-order valence-corrected chi connectivity index (χ1v) is 6.80. The molecule has 2 N–H and O–H groups in total. The molecule has 3 heteroatoms. The Morgan fingerprint density at radius 2 is 2.17 bits per heavy atom. The topological polar surface area (TPSA) is 38.5 Å². The zero-order valence-electron chi connectivity index (χ0n) is 11.6. The van der Waals surface area contributed by atoms with Crippen LogP contribution in [0.3, 0.4) is 0 Å². The van der Waals surface area contributed by atoms with Crippen molar-refractivity contribution in [1.82, 2.24) is 4.90 Å². The van der Waals surface area contributed by atoms with Gasteiger partial charge in [-0.25, -0.2) is 0 Å². The molecule has 0 saturated carbocycles. The van der Waals surface area contributed by atoms with E-state index in [4.69, 9.17) is 10.5 Å². The molecule has 100 valence electrons. The van der Waals surface area contributed by atoms with E-state index in [0.29, 0.717) is 12.6 Å². The zero-order valence-corrected chi connectivity index (χ0v) is 11.6. The Kier molecular flexibility index (Phi) is 4.38. The molecule has 3 nitrogen and oxygen atoms in total. The lowest BCUT2D eigenvalue weighted by Gasteiger charge is -2.41. The number of ether oxygens (including phenoxy) is 1. The summed E-state index contributed by atoms with van der Waals surface area (Å²) in [5.74, 6) is 0. The Hall–Kier alpha value is -0.900. The minimum absolute atomic E-state index is 0.111. The number of hydrogen-bond acceptors (Lipinski definition) is 3. The largest absolute Gasteiger partial charge is 0.374 e. The number of rotatable bonds is 3. The van der Waals surface area contributed by atoms with Gasteiger partial charge in [0.2, 0.25) is 0 Å². The molecular weight excluding hydrogens is 224 g/mol. The fourth-order valence-corrected chi connectivity index (χ4v) is 2.89. The SMILES string of the molecule is CCN1CCOC(CN)C1c1ccc(C)cc1C. The first kappa shape index (κ1) is 13.5. The summed E-state index contributed by atoms with van der Waals surface area (Å²) in [7, 11) is 0. The summed E-state index contributed by atoms with van der Waals surface area (Å²) < 4.78 is 5.84. The molecule has 2 rings (SSSR count). The van der Waals surface area contributed by atoms with Gasteiger partial charge in [0.15, 0.2) is 0 Å². The molecule has 2 atom stereocenters. The Labute approximate surface area is 110 Å². The second-order valence-corrected chi connectivity index (χ2v) is 5.08. The molecule has 1 aliphatic heterocycles. The van der Waals surface area contributed by atoms with Gasteiger partial charge >= 0.3 is 0 Å². The third kappa shape index (κ3) is 2.58. The van der Waals surface area contributed by atoms with Crippen molar-refractivity contribution in [3.8, 4) is 0 Å². The summed E-state index contributed by atoms with van der Waals surface area (Å²) >= 11 is 0. The van der Waals surface area contributed by atoms with Gasteiger partial charge in [0.05, 0.1) is 18.8 Å². The van der Waals surface area contributed by atoms with Crippen LogP contribution in [0.25, 0.3) is 0 Å². The number of nitrogens with zero attached hydrogens (tertiary/aromatic N) is 1. The Morgan fingerprint density at radius 3 is 2.78 bits per heavy atom. The van der Waals surface area contributed by atoms with Crippen molar-refractivity contribution in [2.24, 2.45) is 5.73 Å². The highest BCUT2D eigenvalue weighted by Crippen LogP contribution is 2.31. The average molecular weight is 248 g/mol. The Morgan fingerprint density at radius 1 is 1.39 bits per heavy atom. The van der Waals surface area contributed by atoms with E-state index >= 15 is 0 Å². The molecule has 18 heavy (non-hydrogen) atoms. The highest BCUT2D eigenvalue weighted by Gasteiger charge is 2.32. The van der Waals surface area contributed by atoms with Gasteiger partial charge < -0.3 is 10.5 Å². The number of likely N-dealkylation sites (N-methyl/N-ethyl adjacent to an activating group) is 1. The molecule has 1 aromatic carbocycles. The molecule has 1 aliphatic rings. The standard InChI is InChI=1S/C15H24N2O/c1-4-17-7-8-18-14(10-16)15(17)13-6-5-11(2)9-12(13)3/h5-6,9,14-15H,4,7-8,10,16H2,1-3H3. The van der Waals surface area contributed by atoms with E-state index in [1.807, 2.05) is 0 Å².